The standard InChI is InChI=1S/C16H18N2O4/c1-20-13-8-14(21-2)10-15(9-13)22-7-6-18-16(19)12-4-3-5-17-11-12/h3-5,8-11H,6-7H2,1-2H3,(H,18,19). The Morgan fingerprint density at radius 2 is 1.82 bits per heavy atom. The Balaban J connectivity index is 1.83. The van der Waals surface area contributed by atoms with Gasteiger partial charge in [0.25, 0.3) is 5.91 Å². The number of hydrogen-bond acceptors (Lipinski definition) is 5. The molecule has 6 heteroatoms. The molecule has 0 radical (unpaired) electrons. The van der Waals surface area contributed by atoms with Gasteiger partial charge >= 0.3 is 0 Å². The summed E-state index contributed by atoms with van der Waals surface area (Å²) < 4.78 is 15.9. The second-order valence-corrected chi connectivity index (χ2v) is 4.39. The van der Waals surface area contributed by atoms with E-state index in [1.54, 1.807) is 50.7 Å². The molecule has 6 nitrogen and oxygen atoms in total. The van der Waals surface area contributed by atoms with Gasteiger partial charge in [-0.1, -0.05) is 0 Å². The van der Waals surface area contributed by atoms with Crippen LogP contribution in [0.15, 0.2) is 42.7 Å². The first-order chi connectivity index (χ1) is 10.7. The summed E-state index contributed by atoms with van der Waals surface area (Å²) in [6.07, 6.45) is 3.14. The predicted octanol–water partition coefficient (Wildman–Crippen LogP) is 1.91. The highest BCUT2D eigenvalue weighted by molar-refractivity contribution is 5.93. The summed E-state index contributed by atoms with van der Waals surface area (Å²) >= 11 is 0. The fourth-order valence-corrected chi connectivity index (χ4v) is 1.80. The molecule has 22 heavy (non-hydrogen) atoms. The van der Waals surface area contributed by atoms with Gasteiger partial charge in [0.05, 0.1) is 26.3 Å². The Kier molecular flexibility index (Phi) is 5.59. The molecule has 0 atom stereocenters. The van der Waals surface area contributed by atoms with Gasteiger partial charge in [-0.3, -0.25) is 9.78 Å². The van der Waals surface area contributed by atoms with Gasteiger partial charge in [-0.15, -0.1) is 0 Å². The van der Waals surface area contributed by atoms with Gasteiger partial charge in [0.15, 0.2) is 0 Å². The van der Waals surface area contributed by atoms with Crippen LogP contribution in [0.2, 0.25) is 0 Å². The topological polar surface area (TPSA) is 69.7 Å². The van der Waals surface area contributed by atoms with Gasteiger partial charge in [-0.2, -0.15) is 0 Å². The van der Waals surface area contributed by atoms with Crippen molar-refractivity contribution in [3.8, 4) is 17.2 Å². The number of ether oxygens (including phenoxy) is 3. The number of aromatic nitrogens is 1. The average Bonchev–Trinajstić information content (AvgIpc) is 2.58. The molecule has 116 valence electrons. The van der Waals surface area contributed by atoms with Crippen molar-refractivity contribution in [2.75, 3.05) is 27.4 Å². The van der Waals surface area contributed by atoms with Crippen LogP contribution in [0.3, 0.4) is 0 Å². The Labute approximate surface area is 129 Å². The molecule has 0 bridgehead atoms. The first kappa shape index (κ1) is 15.6. The van der Waals surface area contributed by atoms with Gasteiger partial charge in [0, 0.05) is 30.6 Å². The largest absolute Gasteiger partial charge is 0.496 e. The summed E-state index contributed by atoms with van der Waals surface area (Å²) in [7, 11) is 3.15. The average molecular weight is 302 g/mol. The van der Waals surface area contributed by atoms with Crippen molar-refractivity contribution in [2.24, 2.45) is 0 Å². The van der Waals surface area contributed by atoms with Crippen LogP contribution in [0, 0.1) is 0 Å². The van der Waals surface area contributed by atoms with Crippen LogP contribution in [0.5, 0.6) is 17.2 Å². The fraction of sp³-hybridized carbons (Fsp3) is 0.250. The van der Waals surface area contributed by atoms with Crippen molar-refractivity contribution in [3.63, 3.8) is 0 Å². The molecule has 0 unspecified atom stereocenters. The number of pyridine rings is 1. The zero-order chi connectivity index (χ0) is 15.8. The highest BCUT2D eigenvalue weighted by Gasteiger charge is 2.05. The molecular weight excluding hydrogens is 284 g/mol. The van der Waals surface area contributed by atoms with E-state index in [1.807, 2.05) is 0 Å². The molecule has 1 aromatic heterocycles. The predicted molar refractivity (Wildman–Crippen MR) is 81.6 cm³/mol. The maximum absolute atomic E-state index is 11.8. The number of benzene rings is 1. The molecule has 0 saturated heterocycles. The van der Waals surface area contributed by atoms with E-state index in [-0.39, 0.29) is 5.91 Å². The Morgan fingerprint density at radius 1 is 1.14 bits per heavy atom. The lowest BCUT2D eigenvalue weighted by Crippen LogP contribution is -2.28. The highest BCUT2D eigenvalue weighted by atomic mass is 16.5. The summed E-state index contributed by atoms with van der Waals surface area (Å²) in [5.41, 5.74) is 0.519. The second-order valence-electron chi connectivity index (χ2n) is 4.39. The van der Waals surface area contributed by atoms with Crippen molar-refractivity contribution in [1.29, 1.82) is 0 Å². The number of amides is 1. The minimum atomic E-state index is -0.181. The third kappa shape index (κ3) is 4.37. The molecule has 0 aliphatic heterocycles. The number of hydrogen-bond donors (Lipinski definition) is 1. The molecule has 0 saturated carbocycles. The molecule has 0 aliphatic rings. The minimum absolute atomic E-state index is 0.181. The minimum Gasteiger partial charge on any atom is -0.496 e. The summed E-state index contributed by atoms with van der Waals surface area (Å²) in [4.78, 5) is 15.7. The first-order valence-corrected chi connectivity index (χ1v) is 6.77. The number of methoxy groups -OCH3 is 2. The van der Waals surface area contributed by atoms with Crippen molar-refractivity contribution in [1.82, 2.24) is 10.3 Å². The summed E-state index contributed by atoms with van der Waals surface area (Å²) in [5, 5.41) is 2.76. The summed E-state index contributed by atoms with van der Waals surface area (Å²) in [5.74, 6) is 1.73. The van der Waals surface area contributed by atoms with Gasteiger partial charge < -0.3 is 19.5 Å². The second kappa shape index (κ2) is 7.87. The van der Waals surface area contributed by atoms with Gasteiger partial charge in [-0.25, -0.2) is 0 Å². The molecule has 2 rings (SSSR count). The van der Waals surface area contributed by atoms with Crippen LogP contribution < -0.4 is 19.5 Å². The van der Waals surface area contributed by atoms with Crippen molar-refractivity contribution in [2.45, 2.75) is 0 Å². The number of nitrogens with one attached hydrogen (secondary N) is 1. The monoisotopic (exact) mass is 302 g/mol. The Morgan fingerprint density at radius 3 is 2.41 bits per heavy atom. The molecule has 1 aromatic carbocycles. The molecule has 0 spiro atoms. The molecule has 1 N–H and O–H groups in total. The number of carbonyl (C=O) groups excluding carboxylic acids is 1. The van der Waals surface area contributed by atoms with Crippen LogP contribution in [-0.4, -0.2) is 38.3 Å². The van der Waals surface area contributed by atoms with E-state index in [0.717, 1.165) is 0 Å². The fourth-order valence-electron chi connectivity index (χ4n) is 1.80. The summed E-state index contributed by atoms with van der Waals surface area (Å²) in [6, 6.07) is 8.69. The van der Waals surface area contributed by atoms with E-state index in [0.29, 0.717) is 36.0 Å². The number of nitrogens with zero attached hydrogens (tertiary/aromatic N) is 1. The van der Waals surface area contributed by atoms with Crippen LogP contribution in [0.4, 0.5) is 0 Å². The van der Waals surface area contributed by atoms with Crippen LogP contribution >= 0.6 is 0 Å². The summed E-state index contributed by atoms with van der Waals surface area (Å²) in [6.45, 7) is 0.718. The number of carbonyl (C=O) groups is 1. The van der Waals surface area contributed by atoms with E-state index in [1.165, 1.54) is 6.20 Å². The quantitative estimate of drug-likeness (QED) is 0.791. The Bertz CT molecular complexity index is 595. The van der Waals surface area contributed by atoms with E-state index >= 15 is 0 Å². The molecule has 1 amide bonds. The van der Waals surface area contributed by atoms with Gasteiger partial charge in [0.1, 0.15) is 23.9 Å². The van der Waals surface area contributed by atoms with E-state index in [4.69, 9.17) is 14.2 Å². The third-order valence-corrected chi connectivity index (χ3v) is 2.91. The maximum atomic E-state index is 11.8. The lowest BCUT2D eigenvalue weighted by molar-refractivity contribution is 0.0946. The lowest BCUT2D eigenvalue weighted by Gasteiger charge is -2.10. The van der Waals surface area contributed by atoms with E-state index < -0.39 is 0 Å². The zero-order valence-electron chi connectivity index (χ0n) is 12.5. The SMILES string of the molecule is COc1cc(OC)cc(OCCNC(=O)c2cccnc2)c1. The normalized spacial score (nSPS) is 9.91. The molecule has 0 fully saturated rings. The van der Waals surface area contributed by atoms with Crippen molar-refractivity contribution < 1.29 is 19.0 Å². The van der Waals surface area contributed by atoms with E-state index in [9.17, 15) is 4.79 Å². The Hall–Kier alpha value is -2.76. The van der Waals surface area contributed by atoms with Crippen LogP contribution in [0.25, 0.3) is 0 Å². The lowest BCUT2D eigenvalue weighted by atomic mass is 10.3. The third-order valence-electron chi connectivity index (χ3n) is 2.91. The smallest absolute Gasteiger partial charge is 0.252 e. The highest BCUT2D eigenvalue weighted by Crippen LogP contribution is 2.27. The first-order valence-electron chi connectivity index (χ1n) is 6.77. The number of rotatable bonds is 7. The molecule has 2 aromatic rings. The molecule has 0 aliphatic carbocycles. The zero-order valence-corrected chi connectivity index (χ0v) is 12.5. The van der Waals surface area contributed by atoms with Crippen LogP contribution in [-0.2, 0) is 0 Å². The van der Waals surface area contributed by atoms with Gasteiger partial charge in [0.2, 0.25) is 0 Å². The van der Waals surface area contributed by atoms with Gasteiger partial charge in [-0.05, 0) is 12.1 Å². The molecular formula is C16H18N2O4. The van der Waals surface area contributed by atoms with E-state index in [2.05, 4.69) is 10.3 Å². The molecule has 1 heterocycles. The van der Waals surface area contributed by atoms with Crippen molar-refractivity contribution in [3.05, 3.63) is 48.3 Å². The van der Waals surface area contributed by atoms with Crippen LogP contribution in [0.1, 0.15) is 10.4 Å². The van der Waals surface area contributed by atoms with Crippen molar-refractivity contribution >= 4 is 5.91 Å². The maximum Gasteiger partial charge on any atom is 0.252 e.